The second-order valence-electron chi connectivity index (χ2n) is 6.81. The molecule has 4 heteroatoms. The number of hydrogen-bond acceptors (Lipinski definition) is 2. The average Bonchev–Trinajstić information content (AvgIpc) is 3.15. The highest BCUT2D eigenvalue weighted by molar-refractivity contribution is 6.07. The van der Waals surface area contributed by atoms with Crippen LogP contribution in [-0.2, 0) is 11.2 Å². The number of benzene rings is 3. The minimum absolute atomic E-state index is 0.0919. The van der Waals surface area contributed by atoms with Crippen molar-refractivity contribution in [3.63, 3.8) is 0 Å². The molecule has 3 aromatic rings. The molecule has 0 bridgehead atoms. The number of amides is 2. The number of para-hydroxylation sites is 1. The summed E-state index contributed by atoms with van der Waals surface area (Å²) in [5, 5.41) is 4.94. The van der Waals surface area contributed by atoms with Crippen LogP contribution in [0.4, 0.5) is 5.69 Å². The lowest BCUT2D eigenvalue weighted by Crippen LogP contribution is -2.30. The Labute approximate surface area is 158 Å². The van der Waals surface area contributed by atoms with Gasteiger partial charge in [0.2, 0.25) is 5.91 Å². The highest BCUT2D eigenvalue weighted by Gasteiger charge is 2.23. The SMILES string of the molecule is O=C(NCCCC(=O)N1CCc2ccccc21)c1cccc2ccccc12. The molecule has 0 spiro atoms. The van der Waals surface area contributed by atoms with Gasteiger partial charge in [-0.15, -0.1) is 0 Å². The predicted octanol–water partition coefficient (Wildman–Crippen LogP) is 3.94. The van der Waals surface area contributed by atoms with E-state index in [2.05, 4.69) is 11.4 Å². The van der Waals surface area contributed by atoms with Crippen LogP contribution in [0.1, 0.15) is 28.8 Å². The first-order valence-corrected chi connectivity index (χ1v) is 9.38. The molecule has 0 aromatic heterocycles. The van der Waals surface area contributed by atoms with E-state index in [0.717, 1.165) is 29.4 Å². The Balaban J connectivity index is 1.31. The third-order valence-corrected chi connectivity index (χ3v) is 5.08. The Morgan fingerprint density at radius 2 is 1.70 bits per heavy atom. The van der Waals surface area contributed by atoms with Gasteiger partial charge in [-0.2, -0.15) is 0 Å². The number of nitrogens with zero attached hydrogens (tertiary/aromatic N) is 1. The minimum Gasteiger partial charge on any atom is -0.352 e. The molecule has 0 saturated carbocycles. The highest BCUT2D eigenvalue weighted by Crippen LogP contribution is 2.28. The molecule has 4 rings (SSSR count). The van der Waals surface area contributed by atoms with Crippen LogP contribution in [0.2, 0.25) is 0 Å². The zero-order valence-corrected chi connectivity index (χ0v) is 15.2. The minimum atomic E-state index is -0.0919. The topological polar surface area (TPSA) is 49.4 Å². The van der Waals surface area contributed by atoms with Gasteiger partial charge in [0.15, 0.2) is 0 Å². The lowest BCUT2D eigenvalue weighted by Gasteiger charge is -2.17. The first kappa shape index (κ1) is 17.3. The molecule has 0 unspecified atom stereocenters. The van der Waals surface area contributed by atoms with E-state index < -0.39 is 0 Å². The fourth-order valence-corrected chi connectivity index (χ4v) is 3.69. The Kier molecular flexibility index (Phi) is 4.88. The molecule has 2 amide bonds. The van der Waals surface area contributed by atoms with Gasteiger partial charge in [0.1, 0.15) is 0 Å². The molecular weight excluding hydrogens is 336 g/mol. The van der Waals surface area contributed by atoms with E-state index in [9.17, 15) is 9.59 Å². The summed E-state index contributed by atoms with van der Waals surface area (Å²) in [7, 11) is 0. The van der Waals surface area contributed by atoms with Gasteiger partial charge < -0.3 is 10.2 Å². The fraction of sp³-hybridized carbons (Fsp3) is 0.217. The molecule has 3 aromatic carbocycles. The standard InChI is InChI=1S/C23H22N2O2/c26-22(25-16-14-18-8-2-4-12-21(18)25)13-6-15-24-23(27)20-11-5-9-17-7-1-3-10-19(17)20/h1-5,7-12H,6,13-16H2,(H,24,27). The molecule has 4 nitrogen and oxygen atoms in total. The molecular formula is C23H22N2O2. The molecule has 1 aliphatic rings. The lowest BCUT2D eigenvalue weighted by atomic mass is 10.0. The zero-order valence-electron chi connectivity index (χ0n) is 15.2. The van der Waals surface area contributed by atoms with Gasteiger partial charge in [0, 0.05) is 30.8 Å². The molecule has 0 saturated heterocycles. The van der Waals surface area contributed by atoms with Gasteiger partial charge in [-0.05, 0) is 41.3 Å². The molecule has 0 radical (unpaired) electrons. The maximum atomic E-state index is 12.5. The highest BCUT2D eigenvalue weighted by atomic mass is 16.2. The van der Waals surface area contributed by atoms with E-state index in [-0.39, 0.29) is 11.8 Å². The van der Waals surface area contributed by atoms with Crippen LogP contribution >= 0.6 is 0 Å². The number of fused-ring (bicyclic) bond motifs is 2. The summed E-state index contributed by atoms with van der Waals surface area (Å²) < 4.78 is 0. The van der Waals surface area contributed by atoms with Gasteiger partial charge in [-0.1, -0.05) is 54.6 Å². The predicted molar refractivity (Wildman–Crippen MR) is 108 cm³/mol. The van der Waals surface area contributed by atoms with Crippen LogP contribution < -0.4 is 10.2 Å². The van der Waals surface area contributed by atoms with E-state index in [4.69, 9.17) is 0 Å². The van der Waals surface area contributed by atoms with Gasteiger partial charge in [-0.25, -0.2) is 0 Å². The summed E-state index contributed by atoms with van der Waals surface area (Å²) in [5.41, 5.74) is 2.94. The van der Waals surface area contributed by atoms with E-state index in [0.29, 0.717) is 24.9 Å². The third-order valence-electron chi connectivity index (χ3n) is 5.08. The van der Waals surface area contributed by atoms with Crippen molar-refractivity contribution in [2.24, 2.45) is 0 Å². The summed E-state index contributed by atoms with van der Waals surface area (Å²) in [6.07, 6.45) is 1.98. The largest absolute Gasteiger partial charge is 0.352 e. The molecule has 1 N–H and O–H groups in total. The Hall–Kier alpha value is -3.14. The summed E-state index contributed by atoms with van der Waals surface area (Å²) in [5.74, 6) is 0.0325. The zero-order chi connectivity index (χ0) is 18.6. The Morgan fingerprint density at radius 3 is 2.63 bits per heavy atom. The van der Waals surface area contributed by atoms with Crippen LogP contribution in [-0.4, -0.2) is 24.9 Å². The van der Waals surface area contributed by atoms with Gasteiger partial charge in [0.25, 0.3) is 5.91 Å². The molecule has 27 heavy (non-hydrogen) atoms. The van der Waals surface area contributed by atoms with E-state index >= 15 is 0 Å². The number of rotatable bonds is 5. The lowest BCUT2D eigenvalue weighted by molar-refractivity contribution is -0.118. The van der Waals surface area contributed by atoms with Crippen molar-refractivity contribution in [3.8, 4) is 0 Å². The summed E-state index contributed by atoms with van der Waals surface area (Å²) in [6, 6.07) is 21.6. The second-order valence-corrected chi connectivity index (χ2v) is 6.81. The second kappa shape index (κ2) is 7.62. The number of nitrogens with one attached hydrogen (secondary N) is 1. The van der Waals surface area contributed by atoms with Crippen molar-refractivity contribution in [2.45, 2.75) is 19.3 Å². The fourth-order valence-electron chi connectivity index (χ4n) is 3.69. The number of hydrogen-bond donors (Lipinski definition) is 1. The van der Waals surface area contributed by atoms with Crippen molar-refractivity contribution < 1.29 is 9.59 Å². The summed E-state index contributed by atoms with van der Waals surface area (Å²) in [4.78, 5) is 26.9. The number of carbonyl (C=O) groups is 2. The van der Waals surface area contributed by atoms with E-state index in [1.807, 2.05) is 65.6 Å². The Bertz CT molecular complexity index is 991. The molecule has 0 aliphatic carbocycles. The maximum absolute atomic E-state index is 12.5. The molecule has 0 atom stereocenters. The van der Waals surface area contributed by atoms with E-state index in [1.54, 1.807) is 0 Å². The van der Waals surface area contributed by atoms with Gasteiger partial charge in [0.05, 0.1) is 0 Å². The van der Waals surface area contributed by atoms with Crippen molar-refractivity contribution in [2.75, 3.05) is 18.0 Å². The van der Waals surface area contributed by atoms with Crippen LogP contribution in [0.15, 0.2) is 66.7 Å². The van der Waals surface area contributed by atoms with E-state index in [1.165, 1.54) is 5.56 Å². The normalized spacial score (nSPS) is 12.8. The quantitative estimate of drug-likeness (QED) is 0.703. The molecule has 136 valence electrons. The Morgan fingerprint density at radius 1 is 0.926 bits per heavy atom. The average molecular weight is 358 g/mol. The van der Waals surface area contributed by atoms with Crippen molar-refractivity contribution in [3.05, 3.63) is 77.9 Å². The van der Waals surface area contributed by atoms with Crippen molar-refractivity contribution in [1.29, 1.82) is 0 Å². The van der Waals surface area contributed by atoms with Crippen LogP contribution in [0, 0.1) is 0 Å². The van der Waals surface area contributed by atoms with Gasteiger partial charge >= 0.3 is 0 Å². The first-order valence-electron chi connectivity index (χ1n) is 9.38. The summed E-state index contributed by atoms with van der Waals surface area (Å²) in [6.45, 7) is 1.24. The van der Waals surface area contributed by atoms with Crippen molar-refractivity contribution in [1.82, 2.24) is 5.32 Å². The molecule has 1 heterocycles. The molecule has 1 aliphatic heterocycles. The number of anilines is 1. The van der Waals surface area contributed by atoms with Crippen molar-refractivity contribution >= 4 is 28.3 Å². The van der Waals surface area contributed by atoms with Crippen LogP contribution in [0.5, 0.6) is 0 Å². The number of carbonyl (C=O) groups excluding carboxylic acids is 2. The monoisotopic (exact) mass is 358 g/mol. The molecule has 0 fully saturated rings. The van der Waals surface area contributed by atoms with Crippen LogP contribution in [0.25, 0.3) is 10.8 Å². The third kappa shape index (κ3) is 3.56. The smallest absolute Gasteiger partial charge is 0.251 e. The summed E-state index contributed by atoms with van der Waals surface area (Å²) >= 11 is 0. The van der Waals surface area contributed by atoms with Crippen LogP contribution in [0.3, 0.4) is 0 Å². The van der Waals surface area contributed by atoms with Gasteiger partial charge in [-0.3, -0.25) is 9.59 Å². The first-order chi connectivity index (χ1) is 13.2. The maximum Gasteiger partial charge on any atom is 0.251 e.